The van der Waals surface area contributed by atoms with E-state index >= 15 is 0 Å². The second-order valence-corrected chi connectivity index (χ2v) is 8.72. The van der Waals surface area contributed by atoms with Gasteiger partial charge in [0.1, 0.15) is 17.8 Å². The molecule has 0 amide bonds. The third-order valence-corrected chi connectivity index (χ3v) is 6.61. The highest BCUT2D eigenvalue weighted by Gasteiger charge is 2.26. The smallest absolute Gasteiger partial charge is 0.213 e. The lowest BCUT2D eigenvalue weighted by Gasteiger charge is -2.14. The number of aromatic nitrogens is 6. The Bertz CT molecular complexity index is 1870. The Morgan fingerprint density at radius 1 is 1.05 bits per heavy atom. The maximum atomic E-state index is 13.7. The monoisotopic (exact) mass is 506 g/mol. The van der Waals surface area contributed by atoms with Crippen LogP contribution in [0.5, 0.6) is 5.75 Å². The first-order chi connectivity index (χ1) is 18.4. The maximum Gasteiger partial charge on any atom is 0.213 e. The van der Waals surface area contributed by atoms with Gasteiger partial charge in [-0.3, -0.25) is 4.79 Å². The predicted molar refractivity (Wildman–Crippen MR) is 143 cm³/mol. The van der Waals surface area contributed by atoms with Gasteiger partial charge in [0, 0.05) is 35.6 Å². The molecule has 6 aromatic rings. The Morgan fingerprint density at radius 2 is 1.82 bits per heavy atom. The predicted octanol–water partition coefficient (Wildman–Crippen LogP) is 3.01. The Balaban J connectivity index is 1.53. The first-order valence-electron chi connectivity index (χ1n) is 11.6. The van der Waals surface area contributed by atoms with Crippen LogP contribution < -0.4 is 20.9 Å². The zero-order valence-corrected chi connectivity index (χ0v) is 20.5. The van der Waals surface area contributed by atoms with Crippen LogP contribution in [0.3, 0.4) is 0 Å². The lowest BCUT2D eigenvalue weighted by molar-refractivity contribution is -0.605. The number of carbonyl (C=O) groups excluding carboxylic acids is 1. The van der Waals surface area contributed by atoms with E-state index in [0.29, 0.717) is 44.0 Å². The summed E-state index contributed by atoms with van der Waals surface area (Å²) >= 11 is 0. The molecule has 11 heteroatoms. The van der Waals surface area contributed by atoms with Gasteiger partial charge < -0.3 is 26.0 Å². The molecule has 0 atom stereocenters. The van der Waals surface area contributed by atoms with Gasteiger partial charge in [-0.2, -0.15) is 9.83 Å². The average molecular weight is 507 g/mol. The molecule has 0 aliphatic heterocycles. The van der Waals surface area contributed by atoms with Crippen LogP contribution in [0.4, 0.5) is 11.5 Å². The number of ether oxygens (including phenoxy) is 1. The minimum atomic E-state index is -0.229. The summed E-state index contributed by atoms with van der Waals surface area (Å²) in [6.07, 6.45) is 4.06. The molecule has 0 saturated heterocycles. The fraction of sp³-hybridized carbons (Fsp3) is 0.0741. The van der Waals surface area contributed by atoms with Gasteiger partial charge in [0.25, 0.3) is 0 Å². The number of rotatable bonds is 5. The molecule has 0 radical (unpaired) electrons. The van der Waals surface area contributed by atoms with E-state index in [9.17, 15) is 10.0 Å². The molecule has 188 valence electrons. The zero-order valence-electron chi connectivity index (χ0n) is 20.5. The third-order valence-electron chi connectivity index (χ3n) is 6.61. The molecule has 0 aliphatic rings. The van der Waals surface area contributed by atoms with Crippen molar-refractivity contribution >= 4 is 39.2 Å². The number of nitrogens with two attached hydrogens (primary N) is 2. The molecule has 0 fully saturated rings. The Labute approximate surface area is 216 Å². The number of anilines is 2. The quantitative estimate of drug-likeness (QED) is 0.157. The van der Waals surface area contributed by atoms with Crippen molar-refractivity contribution in [1.82, 2.24) is 24.3 Å². The topological polar surface area (TPSA) is 154 Å². The molecular formula is C27H22N8O3. The van der Waals surface area contributed by atoms with Gasteiger partial charge in [-0.15, -0.1) is 0 Å². The summed E-state index contributed by atoms with van der Waals surface area (Å²) in [7, 11) is 3.31. The first-order valence-corrected chi connectivity index (χ1v) is 11.6. The van der Waals surface area contributed by atoms with E-state index in [1.54, 1.807) is 28.9 Å². The van der Waals surface area contributed by atoms with Crippen LogP contribution in [0.1, 0.15) is 16.1 Å². The number of pyridine rings is 1. The van der Waals surface area contributed by atoms with Crippen molar-refractivity contribution in [2.45, 2.75) is 0 Å². The van der Waals surface area contributed by atoms with Crippen LogP contribution in [0.15, 0.2) is 73.3 Å². The van der Waals surface area contributed by atoms with Crippen molar-refractivity contribution in [2.24, 2.45) is 7.05 Å². The van der Waals surface area contributed by atoms with E-state index in [2.05, 4.69) is 9.97 Å². The van der Waals surface area contributed by atoms with Gasteiger partial charge in [-0.25, -0.2) is 14.6 Å². The van der Waals surface area contributed by atoms with Crippen molar-refractivity contribution < 1.29 is 14.3 Å². The lowest BCUT2D eigenvalue weighted by atomic mass is 9.99. The lowest BCUT2D eigenvalue weighted by Crippen LogP contribution is -2.23. The van der Waals surface area contributed by atoms with Gasteiger partial charge in [0.15, 0.2) is 23.8 Å². The summed E-state index contributed by atoms with van der Waals surface area (Å²) in [4.78, 5) is 22.2. The van der Waals surface area contributed by atoms with Crippen molar-refractivity contribution in [1.29, 1.82) is 0 Å². The highest BCUT2D eigenvalue weighted by atomic mass is 16.5. The number of hydrogen-bond donors (Lipinski definition) is 2. The molecule has 4 N–H and O–H groups in total. The average Bonchev–Trinajstić information content (AvgIpc) is 3.48. The van der Waals surface area contributed by atoms with Crippen LogP contribution >= 0.6 is 0 Å². The molecule has 6 rings (SSSR count). The van der Waals surface area contributed by atoms with E-state index in [-0.39, 0.29) is 23.0 Å². The van der Waals surface area contributed by atoms with E-state index in [1.807, 2.05) is 41.9 Å². The van der Waals surface area contributed by atoms with Gasteiger partial charge in [-0.1, -0.05) is 18.2 Å². The Kier molecular flexibility index (Phi) is 5.19. The number of benzene rings is 2. The Hall–Kier alpha value is -5.45. The van der Waals surface area contributed by atoms with Crippen LogP contribution in [0.25, 0.3) is 38.9 Å². The number of nitrogens with zero attached hydrogens (tertiary/aromatic N) is 6. The minimum Gasteiger partial charge on any atom is -0.619 e. The largest absolute Gasteiger partial charge is 0.619 e. The zero-order chi connectivity index (χ0) is 26.6. The van der Waals surface area contributed by atoms with Crippen LogP contribution in [0, 0.1) is 5.21 Å². The standard InChI is InChI=1S/C27H22N8O3/c1-33-19-6-4-3-5-15(19)13-20(33)24(36)18-8-7-17(22(28)25(18)38-2)23-21-26(29)30-14-31-27(21)35(32-23)16-9-11-34(37)12-10-16/h3-14H,28H2,1-2H3,(H2,29,30,31). The molecule has 11 nitrogen and oxygen atoms in total. The molecule has 0 saturated carbocycles. The summed E-state index contributed by atoms with van der Waals surface area (Å²) in [5.74, 6) is 0.204. The number of carbonyl (C=O) groups is 1. The Morgan fingerprint density at radius 3 is 2.55 bits per heavy atom. The molecule has 4 aromatic heterocycles. The van der Waals surface area contributed by atoms with Crippen molar-refractivity contribution in [3.8, 4) is 22.7 Å². The molecule has 0 bridgehead atoms. The SMILES string of the molecule is COc1c(C(=O)c2cc3ccccc3n2C)ccc(-c2nn(-c3cc[n+]([O-])cc3)c3ncnc(N)c23)c1N. The number of para-hydroxylation sites is 1. The number of hydrogen-bond acceptors (Lipinski definition) is 8. The number of nitrogen functional groups attached to an aromatic ring is 2. The molecule has 0 aliphatic carbocycles. The van der Waals surface area contributed by atoms with E-state index in [1.165, 1.54) is 25.8 Å². The summed E-state index contributed by atoms with van der Waals surface area (Å²) in [5, 5.41) is 17.7. The first kappa shape index (κ1) is 23.0. The summed E-state index contributed by atoms with van der Waals surface area (Å²) in [6, 6.07) is 16.2. The normalized spacial score (nSPS) is 11.3. The summed E-state index contributed by atoms with van der Waals surface area (Å²) < 4.78 is 9.73. The van der Waals surface area contributed by atoms with Gasteiger partial charge in [0.05, 0.1) is 35.1 Å². The van der Waals surface area contributed by atoms with Gasteiger partial charge >= 0.3 is 0 Å². The van der Waals surface area contributed by atoms with Crippen molar-refractivity contribution in [3.05, 3.63) is 89.8 Å². The molecule has 2 aromatic carbocycles. The molecule has 0 unspecified atom stereocenters. The number of methoxy groups -OCH3 is 1. The fourth-order valence-corrected chi connectivity index (χ4v) is 4.74. The van der Waals surface area contributed by atoms with E-state index in [4.69, 9.17) is 21.3 Å². The van der Waals surface area contributed by atoms with Crippen molar-refractivity contribution in [3.63, 3.8) is 0 Å². The van der Waals surface area contributed by atoms with Crippen LogP contribution in [-0.4, -0.2) is 37.2 Å². The maximum absolute atomic E-state index is 13.7. The van der Waals surface area contributed by atoms with E-state index < -0.39 is 0 Å². The molecule has 0 spiro atoms. The second kappa shape index (κ2) is 8.59. The fourth-order valence-electron chi connectivity index (χ4n) is 4.74. The molecule has 38 heavy (non-hydrogen) atoms. The van der Waals surface area contributed by atoms with Crippen LogP contribution in [0.2, 0.25) is 0 Å². The number of aryl methyl sites for hydroxylation is 1. The summed E-state index contributed by atoms with van der Waals surface area (Å²) in [5.41, 5.74) is 16.8. The van der Waals surface area contributed by atoms with Gasteiger partial charge in [-0.05, 0) is 24.3 Å². The highest BCUT2D eigenvalue weighted by molar-refractivity contribution is 6.14. The van der Waals surface area contributed by atoms with Crippen molar-refractivity contribution in [2.75, 3.05) is 18.6 Å². The minimum absolute atomic E-state index is 0.208. The molecule has 4 heterocycles. The second-order valence-electron chi connectivity index (χ2n) is 8.72. The third kappa shape index (κ3) is 3.40. The highest BCUT2D eigenvalue weighted by Crippen LogP contribution is 2.40. The number of ketones is 1. The van der Waals surface area contributed by atoms with Gasteiger partial charge in [0.2, 0.25) is 5.78 Å². The number of fused-ring (bicyclic) bond motifs is 2. The molecular weight excluding hydrogens is 484 g/mol. The summed E-state index contributed by atoms with van der Waals surface area (Å²) in [6.45, 7) is 0. The van der Waals surface area contributed by atoms with E-state index in [0.717, 1.165) is 10.9 Å². The van der Waals surface area contributed by atoms with Crippen LogP contribution in [-0.2, 0) is 7.05 Å².